The van der Waals surface area contributed by atoms with Gasteiger partial charge in [0.25, 0.3) is 0 Å². The molecule has 1 aliphatic heterocycles. The van der Waals surface area contributed by atoms with E-state index in [0.717, 1.165) is 28.6 Å². The van der Waals surface area contributed by atoms with Crippen molar-refractivity contribution in [3.8, 4) is 11.3 Å². The second-order valence-electron chi connectivity index (χ2n) is 6.90. The standard InChI is InChI=1S/C19H24BrN3O3S2/c1-2-3-9-23(16-8-10-28(25,26)13-16)18(24)12-27-19-21-11-17(22-19)14-4-6-15(20)7-5-14/h4-7,11,16H,2-3,8-10,12-13H2,1H3,(H,21,22)/t16-/m0/s1. The smallest absolute Gasteiger partial charge is 0.233 e. The second kappa shape index (κ2) is 9.45. The first-order chi connectivity index (χ1) is 13.4. The van der Waals surface area contributed by atoms with Gasteiger partial charge >= 0.3 is 0 Å². The SMILES string of the molecule is CCCCN(C(=O)CSc1ncc(-c2ccc(Br)cc2)[nH]1)[C@H]1CCS(=O)(=O)C1. The van der Waals surface area contributed by atoms with Gasteiger partial charge in [-0.1, -0.05) is 53.2 Å². The molecule has 9 heteroatoms. The average molecular weight is 486 g/mol. The van der Waals surface area contributed by atoms with Crippen molar-refractivity contribution < 1.29 is 13.2 Å². The van der Waals surface area contributed by atoms with Crippen molar-refractivity contribution in [3.63, 3.8) is 0 Å². The Hall–Kier alpha value is -1.32. The van der Waals surface area contributed by atoms with Gasteiger partial charge in [0.15, 0.2) is 15.0 Å². The quantitative estimate of drug-likeness (QED) is 0.575. The van der Waals surface area contributed by atoms with Crippen molar-refractivity contribution in [1.82, 2.24) is 14.9 Å². The molecule has 6 nitrogen and oxygen atoms in total. The van der Waals surface area contributed by atoms with Gasteiger partial charge in [-0.2, -0.15) is 0 Å². The molecule has 2 heterocycles. The number of thioether (sulfide) groups is 1. The zero-order valence-corrected chi connectivity index (χ0v) is 18.9. The summed E-state index contributed by atoms with van der Waals surface area (Å²) in [6.07, 6.45) is 4.14. The number of nitrogens with zero attached hydrogens (tertiary/aromatic N) is 2. The molecule has 0 radical (unpaired) electrons. The van der Waals surface area contributed by atoms with Crippen LogP contribution in [0.5, 0.6) is 0 Å². The number of amides is 1. The maximum absolute atomic E-state index is 12.8. The summed E-state index contributed by atoms with van der Waals surface area (Å²) in [5, 5.41) is 0.681. The number of benzene rings is 1. The molecule has 1 atom stereocenters. The highest BCUT2D eigenvalue weighted by Crippen LogP contribution is 2.24. The molecule has 1 aliphatic rings. The number of unbranched alkanes of at least 4 members (excludes halogenated alkanes) is 1. The van der Waals surface area contributed by atoms with Crippen LogP contribution in [-0.4, -0.2) is 59.0 Å². The molecule has 28 heavy (non-hydrogen) atoms. The van der Waals surface area contributed by atoms with E-state index in [-0.39, 0.29) is 29.2 Å². The molecule has 1 aromatic heterocycles. The van der Waals surface area contributed by atoms with E-state index in [1.807, 2.05) is 24.3 Å². The number of nitrogens with one attached hydrogen (secondary N) is 1. The predicted octanol–water partition coefficient (Wildman–Crippen LogP) is 3.75. The van der Waals surface area contributed by atoms with Crippen molar-refractivity contribution in [2.75, 3.05) is 23.8 Å². The third-order valence-electron chi connectivity index (χ3n) is 4.76. The lowest BCUT2D eigenvalue weighted by Gasteiger charge is -2.28. The van der Waals surface area contributed by atoms with Crippen LogP contribution in [0.3, 0.4) is 0 Å². The summed E-state index contributed by atoms with van der Waals surface area (Å²) in [4.78, 5) is 22.2. The molecule has 0 spiro atoms. The minimum Gasteiger partial charge on any atom is -0.338 e. The Balaban J connectivity index is 1.62. The maximum Gasteiger partial charge on any atom is 0.233 e. The Morgan fingerprint density at radius 2 is 2.11 bits per heavy atom. The average Bonchev–Trinajstić information content (AvgIpc) is 3.27. The molecular formula is C19H24BrN3O3S2. The largest absolute Gasteiger partial charge is 0.338 e. The Morgan fingerprint density at radius 1 is 1.36 bits per heavy atom. The van der Waals surface area contributed by atoms with Crippen LogP contribution in [0.1, 0.15) is 26.2 Å². The topological polar surface area (TPSA) is 83.1 Å². The van der Waals surface area contributed by atoms with E-state index in [1.54, 1.807) is 11.1 Å². The van der Waals surface area contributed by atoms with Crippen LogP contribution in [0, 0.1) is 0 Å². The number of aromatic amines is 1. The zero-order valence-electron chi connectivity index (χ0n) is 15.7. The lowest BCUT2D eigenvalue weighted by atomic mass is 10.2. The fourth-order valence-corrected chi connectivity index (χ4v) is 5.96. The first kappa shape index (κ1) is 21.4. The van der Waals surface area contributed by atoms with Gasteiger partial charge in [-0.25, -0.2) is 13.4 Å². The molecule has 152 valence electrons. The van der Waals surface area contributed by atoms with Crippen molar-refractivity contribution in [2.24, 2.45) is 0 Å². The highest BCUT2D eigenvalue weighted by Gasteiger charge is 2.34. The molecule has 2 aromatic rings. The summed E-state index contributed by atoms with van der Waals surface area (Å²) in [6.45, 7) is 2.67. The monoisotopic (exact) mass is 485 g/mol. The van der Waals surface area contributed by atoms with Crippen LogP contribution in [-0.2, 0) is 14.6 Å². The number of aromatic nitrogens is 2. The highest BCUT2D eigenvalue weighted by atomic mass is 79.9. The molecular weight excluding hydrogens is 462 g/mol. The van der Waals surface area contributed by atoms with E-state index < -0.39 is 9.84 Å². The van der Waals surface area contributed by atoms with Crippen molar-refractivity contribution >= 4 is 43.4 Å². The van der Waals surface area contributed by atoms with E-state index in [0.29, 0.717) is 18.1 Å². The van der Waals surface area contributed by atoms with Gasteiger partial charge in [0, 0.05) is 17.1 Å². The number of carbonyl (C=O) groups excluding carboxylic acids is 1. The number of halogens is 1. The lowest BCUT2D eigenvalue weighted by molar-refractivity contribution is -0.130. The first-order valence-electron chi connectivity index (χ1n) is 9.31. The van der Waals surface area contributed by atoms with E-state index >= 15 is 0 Å². The van der Waals surface area contributed by atoms with E-state index in [4.69, 9.17) is 0 Å². The number of hydrogen-bond donors (Lipinski definition) is 1. The molecule has 1 fully saturated rings. The first-order valence-corrected chi connectivity index (χ1v) is 12.9. The zero-order chi connectivity index (χ0) is 20.1. The second-order valence-corrected chi connectivity index (χ2v) is 11.0. The number of carbonyl (C=O) groups is 1. The van der Waals surface area contributed by atoms with Crippen LogP contribution >= 0.6 is 27.7 Å². The normalized spacial score (nSPS) is 18.3. The van der Waals surface area contributed by atoms with Crippen molar-refractivity contribution in [2.45, 2.75) is 37.4 Å². The molecule has 0 unspecified atom stereocenters. The molecule has 1 amide bonds. The Morgan fingerprint density at radius 3 is 2.75 bits per heavy atom. The highest BCUT2D eigenvalue weighted by molar-refractivity contribution is 9.10. The summed E-state index contributed by atoms with van der Waals surface area (Å²) in [5.74, 6) is 0.479. The fraction of sp³-hybridized carbons (Fsp3) is 0.474. The van der Waals surface area contributed by atoms with Gasteiger partial charge in [0.2, 0.25) is 5.91 Å². The van der Waals surface area contributed by atoms with Gasteiger partial charge in [-0.05, 0) is 30.5 Å². The summed E-state index contributed by atoms with van der Waals surface area (Å²) in [6, 6.07) is 7.72. The van der Waals surface area contributed by atoms with Crippen LogP contribution in [0.25, 0.3) is 11.3 Å². The van der Waals surface area contributed by atoms with Crippen molar-refractivity contribution in [3.05, 3.63) is 34.9 Å². The van der Waals surface area contributed by atoms with Gasteiger partial charge < -0.3 is 9.88 Å². The molecule has 0 bridgehead atoms. The summed E-state index contributed by atoms with van der Waals surface area (Å²) < 4.78 is 24.6. The number of rotatable bonds is 8. The molecule has 1 N–H and O–H groups in total. The molecule has 1 saturated heterocycles. The summed E-state index contributed by atoms with van der Waals surface area (Å²) in [7, 11) is -3.02. The van der Waals surface area contributed by atoms with E-state index in [2.05, 4.69) is 32.8 Å². The summed E-state index contributed by atoms with van der Waals surface area (Å²) >= 11 is 4.77. The van der Waals surface area contributed by atoms with Gasteiger partial charge in [0.1, 0.15) is 0 Å². The van der Waals surface area contributed by atoms with Crippen LogP contribution in [0.15, 0.2) is 40.1 Å². The third-order valence-corrected chi connectivity index (χ3v) is 7.91. The van der Waals surface area contributed by atoms with Gasteiger partial charge in [0.05, 0.1) is 29.1 Å². The van der Waals surface area contributed by atoms with E-state index in [9.17, 15) is 13.2 Å². The van der Waals surface area contributed by atoms with Gasteiger partial charge in [-0.3, -0.25) is 4.79 Å². The Bertz CT molecular complexity index is 913. The molecule has 3 rings (SSSR count). The van der Waals surface area contributed by atoms with Crippen molar-refractivity contribution in [1.29, 1.82) is 0 Å². The lowest BCUT2D eigenvalue weighted by Crippen LogP contribution is -2.42. The van der Waals surface area contributed by atoms with E-state index in [1.165, 1.54) is 11.8 Å². The molecule has 0 aliphatic carbocycles. The molecule has 1 aromatic carbocycles. The van der Waals surface area contributed by atoms with Gasteiger partial charge in [-0.15, -0.1) is 0 Å². The number of imidazole rings is 1. The molecule has 0 saturated carbocycles. The predicted molar refractivity (Wildman–Crippen MR) is 116 cm³/mol. The minimum absolute atomic E-state index is 0.0258. The Labute approximate surface area is 178 Å². The van der Waals surface area contributed by atoms with Crippen LogP contribution in [0.2, 0.25) is 0 Å². The minimum atomic E-state index is -3.02. The maximum atomic E-state index is 12.8. The number of hydrogen-bond acceptors (Lipinski definition) is 5. The van der Waals surface area contributed by atoms with Crippen LogP contribution in [0.4, 0.5) is 0 Å². The number of sulfone groups is 1. The number of H-pyrrole nitrogens is 1. The Kier molecular flexibility index (Phi) is 7.22. The van der Waals surface area contributed by atoms with Crippen LogP contribution < -0.4 is 0 Å². The summed E-state index contributed by atoms with van der Waals surface area (Å²) in [5.41, 5.74) is 1.92. The fourth-order valence-electron chi connectivity index (χ4n) is 3.23. The third kappa shape index (κ3) is 5.61.